The lowest BCUT2D eigenvalue weighted by Gasteiger charge is -2.12. The van der Waals surface area contributed by atoms with Gasteiger partial charge in [-0.2, -0.15) is 0 Å². The van der Waals surface area contributed by atoms with Gasteiger partial charge in [-0.1, -0.05) is 12.1 Å². The van der Waals surface area contributed by atoms with Crippen LogP contribution in [-0.2, 0) is 9.59 Å². The zero-order valence-electron chi connectivity index (χ0n) is 10.3. The normalized spacial score (nSPS) is 11.7. The summed E-state index contributed by atoms with van der Waals surface area (Å²) in [6.07, 6.45) is 0. The van der Waals surface area contributed by atoms with E-state index in [1.165, 1.54) is 4.90 Å². The van der Waals surface area contributed by atoms with Crippen LogP contribution in [0.5, 0.6) is 5.75 Å². The lowest BCUT2D eigenvalue weighted by atomic mass is 10.1. The molecule has 98 valence electrons. The number of rotatable bonds is 5. The summed E-state index contributed by atoms with van der Waals surface area (Å²) in [5.41, 5.74) is 5.93. The number of aliphatic carboxylic acids is 1. The summed E-state index contributed by atoms with van der Waals surface area (Å²) in [5.74, 6) is -0.751. The average Bonchev–Trinajstić information content (AvgIpc) is 2.35. The summed E-state index contributed by atoms with van der Waals surface area (Å²) in [4.78, 5) is 23.4. The van der Waals surface area contributed by atoms with Crippen LogP contribution in [0.2, 0.25) is 0 Å². The third-order valence-electron chi connectivity index (χ3n) is 2.37. The molecule has 1 unspecified atom stereocenters. The zero-order chi connectivity index (χ0) is 13.7. The zero-order valence-corrected chi connectivity index (χ0v) is 10.3. The Hall–Kier alpha value is -2.08. The number of carboxylic acids is 1. The highest BCUT2D eigenvalue weighted by Gasteiger charge is 2.13. The van der Waals surface area contributed by atoms with Crippen molar-refractivity contribution >= 4 is 11.9 Å². The molecular weight excluding hydrogens is 236 g/mol. The number of ether oxygens (including phenoxy) is 1. The van der Waals surface area contributed by atoms with Crippen LogP contribution >= 0.6 is 0 Å². The van der Waals surface area contributed by atoms with Gasteiger partial charge in [-0.25, -0.2) is 0 Å². The van der Waals surface area contributed by atoms with Crippen molar-refractivity contribution in [2.75, 3.05) is 20.7 Å². The number of benzene rings is 1. The topological polar surface area (TPSA) is 92.9 Å². The van der Waals surface area contributed by atoms with E-state index in [1.807, 2.05) is 0 Å². The summed E-state index contributed by atoms with van der Waals surface area (Å²) >= 11 is 0. The summed E-state index contributed by atoms with van der Waals surface area (Å²) < 4.78 is 5.24. The third-order valence-corrected chi connectivity index (χ3v) is 2.37. The minimum absolute atomic E-state index is 0.0582. The van der Waals surface area contributed by atoms with Gasteiger partial charge in [0.05, 0.1) is 0 Å². The first kappa shape index (κ1) is 14.0. The van der Waals surface area contributed by atoms with E-state index in [9.17, 15) is 9.59 Å². The number of hydrogen-bond donors (Lipinski definition) is 2. The molecule has 0 bridgehead atoms. The number of nitrogens with two attached hydrogens (primary N) is 1. The Kier molecular flexibility index (Phi) is 4.67. The van der Waals surface area contributed by atoms with E-state index in [-0.39, 0.29) is 12.5 Å². The van der Waals surface area contributed by atoms with Crippen molar-refractivity contribution in [2.45, 2.75) is 6.04 Å². The van der Waals surface area contributed by atoms with Crippen molar-refractivity contribution in [1.29, 1.82) is 0 Å². The van der Waals surface area contributed by atoms with E-state index in [2.05, 4.69) is 0 Å². The Morgan fingerprint density at radius 3 is 2.33 bits per heavy atom. The lowest BCUT2D eigenvalue weighted by Crippen LogP contribution is -2.27. The highest BCUT2D eigenvalue weighted by molar-refractivity contribution is 5.77. The first-order chi connectivity index (χ1) is 8.41. The molecular formula is C12H16N2O4. The van der Waals surface area contributed by atoms with Crippen LogP contribution in [-0.4, -0.2) is 42.6 Å². The number of nitrogens with zero attached hydrogens (tertiary/aromatic N) is 1. The maximum atomic E-state index is 11.3. The third kappa shape index (κ3) is 3.74. The maximum Gasteiger partial charge on any atom is 0.325 e. The summed E-state index contributed by atoms with van der Waals surface area (Å²) in [5, 5.41) is 8.74. The van der Waals surface area contributed by atoms with Gasteiger partial charge in [-0.15, -0.1) is 0 Å². The Morgan fingerprint density at radius 2 is 1.89 bits per heavy atom. The molecule has 1 aromatic rings. The highest BCUT2D eigenvalue weighted by atomic mass is 16.5. The summed E-state index contributed by atoms with van der Waals surface area (Å²) in [6, 6.07) is 5.24. The van der Waals surface area contributed by atoms with E-state index in [4.69, 9.17) is 15.6 Å². The van der Waals surface area contributed by atoms with Gasteiger partial charge < -0.3 is 20.5 Å². The molecule has 6 nitrogen and oxygen atoms in total. The highest BCUT2D eigenvalue weighted by Crippen LogP contribution is 2.16. The number of carbonyl (C=O) groups excluding carboxylic acids is 1. The summed E-state index contributed by atoms with van der Waals surface area (Å²) in [7, 11) is 3.28. The molecule has 1 atom stereocenters. The van der Waals surface area contributed by atoms with Gasteiger partial charge in [0.25, 0.3) is 5.91 Å². The number of carboxylic acid groups (broad SMARTS) is 1. The molecule has 1 rings (SSSR count). The minimum atomic E-state index is -1.09. The van der Waals surface area contributed by atoms with Crippen LogP contribution in [0.15, 0.2) is 24.3 Å². The molecule has 0 fully saturated rings. The van der Waals surface area contributed by atoms with Crippen molar-refractivity contribution in [3.8, 4) is 5.75 Å². The molecule has 18 heavy (non-hydrogen) atoms. The van der Waals surface area contributed by atoms with E-state index in [0.717, 1.165) is 0 Å². The molecule has 1 amide bonds. The van der Waals surface area contributed by atoms with Gasteiger partial charge in [0.1, 0.15) is 11.8 Å². The van der Waals surface area contributed by atoms with Crippen molar-refractivity contribution in [3.05, 3.63) is 29.8 Å². The van der Waals surface area contributed by atoms with Crippen molar-refractivity contribution in [3.63, 3.8) is 0 Å². The first-order valence-electron chi connectivity index (χ1n) is 5.33. The Bertz CT molecular complexity index is 428. The van der Waals surface area contributed by atoms with Crippen LogP contribution in [0.4, 0.5) is 0 Å². The molecule has 6 heteroatoms. The van der Waals surface area contributed by atoms with Crippen LogP contribution < -0.4 is 10.5 Å². The Morgan fingerprint density at radius 1 is 1.33 bits per heavy atom. The van der Waals surface area contributed by atoms with Crippen molar-refractivity contribution in [1.82, 2.24) is 4.90 Å². The van der Waals surface area contributed by atoms with E-state index in [1.54, 1.807) is 38.4 Å². The molecule has 0 aromatic heterocycles. The Balaban J connectivity index is 2.61. The minimum Gasteiger partial charge on any atom is -0.484 e. The Labute approximate surface area is 105 Å². The van der Waals surface area contributed by atoms with Crippen molar-refractivity contribution in [2.24, 2.45) is 5.73 Å². The van der Waals surface area contributed by atoms with Crippen LogP contribution in [0, 0.1) is 0 Å². The fraction of sp³-hybridized carbons (Fsp3) is 0.333. The quantitative estimate of drug-likeness (QED) is 0.783. The van der Waals surface area contributed by atoms with Gasteiger partial charge in [-0.3, -0.25) is 9.59 Å². The molecule has 0 saturated carbocycles. The molecule has 3 N–H and O–H groups in total. The maximum absolute atomic E-state index is 11.3. The SMILES string of the molecule is CN(C)C(=O)COc1ccc(C(N)C(=O)O)cc1. The van der Waals surface area contributed by atoms with Gasteiger partial charge in [0, 0.05) is 14.1 Å². The molecule has 0 aliphatic carbocycles. The number of likely N-dealkylation sites (N-methyl/N-ethyl adjacent to an activating group) is 1. The predicted molar refractivity (Wildman–Crippen MR) is 65.2 cm³/mol. The standard InChI is InChI=1S/C12H16N2O4/c1-14(2)10(15)7-18-9-5-3-8(4-6-9)11(13)12(16)17/h3-6,11H,7,13H2,1-2H3,(H,16,17). The monoisotopic (exact) mass is 252 g/mol. The second-order valence-electron chi connectivity index (χ2n) is 3.96. The number of carbonyl (C=O) groups is 2. The van der Waals surface area contributed by atoms with Gasteiger partial charge in [0.2, 0.25) is 0 Å². The van der Waals surface area contributed by atoms with Gasteiger partial charge >= 0.3 is 5.97 Å². The van der Waals surface area contributed by atoms with Crippen molar-refractivity contribution < 1.29 is 19.4 Å². The van der Waals surface area contributed by atoms with Gasteiger partial charge in [-0.05, 0) is 17.7 Å². The molecule has 0 radical (unpaired) electrons. The molecule has 0 heterocycles. The lowest BCUT2D eigenvalue weighted by molar-refractivity contribution is -0.138. The van der Waals surface area contributed by atoms with E-state index < -0.39 is 12.0 Å². The van der Waals surface area contributed by atoms with Crippen LogP contribution in [0.3, 0.4) is 0 Å². The van der Waals surface area contributed by atoms with Crippen LogP contribution in [0.1, 0.15) is 11.6 Å². The fourth-order valence-electron chi connectivity index (χ4n) is 1.19. The smallest absolute Gasteiger partial charge is 0.325 e. The second-order valence-corrected chi connectivity index (χ2v) is 3.96. The number of hydrogen-bond acceptors (Lipinski definition) is 4. The largest absolute Gasteiger partial charge is 0.484 e. The van der Waals surface area contributed by atoms with E-state index in [0.29, 0.717) is 11.3 Å². The predicted octanol–water partition coefficient (Wildman–Crippen LogP) is 0.238. The molecule has 0 aliphatic rings. The van der Waals surface area contributed by atoms with Gasteiger partial charge in [0.15, 0.2) is 6.61 Å². The first-order valence-corrected chi connectivity index (χ1v) is 5.33. The molecule has 0 saturated heterocycles. The van der Waals surface area contributed by atoms with E-state index >= 15 is 0 Å². The molecule has 0 spiro atoms. The molecule has 0 aliphatic heterocycles. The molecule has 1 aromatic carbocycles. The average molecular weight is 252 g/mol. The van der Waals surface area contributed by atoms with Crippen LogP contribution in [0.25, 0.3) is 0 Å². The number of amides is 1. The fourth-order valence-corrected chi connectivity index (χ4v) is 1.19. The summed E-state index contributed by atoms with van der Waals surface area (Å²) in [6.45, 7) is -0.0582. The second kappa shape index (κ2) is 6.02.